The Hall–Kier alpha value is -1.78. The Balaban J connectivity index is 2.03. The molecule has 0 saturated carbocycles. The Labute approximate surface area is 156 Å². The van der Waals surface area contributed by atoms with Gasteiger partial charge in [0.05, 0.1) is 16.6 Å². The van der Waals surface area contributed by atoms with Gasteiger partial charge in [0.15, 0.2) is 0 Å². The molecule has 2 aliphatic rings. The van der Waals surface area contributed by atoms with E-state index in [-0.39, 0.29) is 11.3 Å². The first-order valence-corrected chi connectivity index (χ1v) is 8.95. The van der Waals surface area contributed by atoms with Gasteiger partial charge in [0.2, 0.25) is 5.91 Å². The summed E-state index contributed by atoms with van der Waals surface area (Å²) in [5.74, 6) is -0.953. The molecule has 3 rings (SSSR count). The number of carbonyl (C=O) groups excluding carboxylic acids is 1. The number of carboxylic acid groups (broad SMARTS) is 1. The smallest absolute Gasteiger partial charge is 0.328 e. The van der Waals surface area contributed by atoms with Gasteiger partial charge in [-0.05, 0) is 36.5 Å². The van der Waals surface area contributed by atoms with E-state index in [1.807, 2.05) is 12.1 Å². The minimum Gasteiger partial charge on any atom is -0.478 e. The van der Waals surface area contributed by atoms with E-state index in [1.165, 1.54) is 0 Å². The molecular formula is C19H19Cl2NO3. The van der Waals surface area contributed by atoms with Crippen LogP contribution in [0.5, 0.6) is 0 Å². The maximum absolute atomic E-state index is 12.7. The summed E-state index contributed by atoms with van der Waals surface area (Å²) in [5.41, 5.74) is 2.38. The van der Waals surface area contributed by atoms with Crippen LogP contribution in [0.15, 0.2) is 41.6 Å². The summed E-state index contributed by atoms with van der Waals surface area (Å²) in [6, 6.07) is 5.38. The number of hydrogen-bond acceptors (Lipinski definition) is 2. The van der Waals surface area contributed by atoms with Crippen LogP contribution in [0.25, 0.3) is 0 Å². The van der Waals surface area contributed by atoms with E-state index in [0.717, 1.165) is 42.2 Å². The van der Waals surface area contributed by atoms with Gasteiger partial charge in [0.25, 0.3) is 0 Å². The van der Waals surface area contributed by atoms with Crippen LogP contribution in [0.2, 0.25) is 10.0 Å². The van der Waals surface area contributed by atoms with E-state index in [1.54, 1.807) is 17.0 Å². The summed E-state index contributed by atoms with van der Waals surface area (Å²) >= 11 is 12.4. The zero-order chi connectivity index (χ0) is 18.2. The Kier molecular flexibility index (Phi) is 4.94. The molecule has 1 aliphatic heterocycles. The number of amides is 1. The molecule has 4 nitrogen and oxygen atoms in total. The number of carboxylic acids is 1. The monoisotopic (exact) mass is 379 g/mol. The average Bonchev–Trinajstić information content (AvgIpc) is 2.80. The fourth-order valence-electron chi connectivity index (χ4n) is 3.86. The van der Waals surface area contributed by atoms with Crippen molar-refractivity contribution in [1.29, 1.82) is 0 Å². The Bertz CT molecular complexity index is 800. The Morgan fingerprint density at radius 2 is 2.16 bits per heavy atom. The van der Waals surface area contributed by atoms with Crippen LogP contribution in [0.1, 0.15) is 38.2 Å². The molecule has 0 spiro atoms. The summed E-state index contributed by atoms with van der Waals surface area (Å²) in [6.07, 6.45) is 5.82. The van der Waals surface area contributed by atoms with Crippen LogP contribution in [0.4, 0.5) is 0 Å². The molecule has 1 saturated heterocycles. The predicted molar refractivity (Wildman–Crippen MR) is 97.4 cm³/mol. The molecule has 1 heterocycles. The van der Waals surface area contributed by atoms with Crippen molar-refractivity contribution in [2.24, 2.45) is 5.41 Å². The van der Waals surface area contributed by atoms with Gasteiger partial charge in [-0.25, -0.2) is 4.79 Å². The van der Waals surface area contributed by atoms with Gasteiger partial charge >= 0.3 is 5.97 Å². The summed E-state index contributed by atoms with van der Waals surface area (Å²) in [6.45, 7) is 2.42. The van der Waals surface area contributed by atoms with E-state index < -0.39 is 5.97 Å². The normalized spacial score (nSPS) is 23.5. The number of aliphatic carboxylic acids is 1. The van der Waals surface area contributed by atoms with Crippen LogP contribution in [-0.4, -0.2) is 21.9 Å². The predicted octanol–water partition coefficient (Wildman–Crippen LogP) is 4.81. The first kappa shape index (κ1) is 18.0. The highest BCUT2D eigenvalue weighted by atomic mass is 35.5. The fourth-order valence-corrected chi connectivity index (χ4v) is 4.24. The number of allylic oxidation sites excluding steroid dienone is 3. The van der Waals surface area contributed by atoms with E-state index in [4.69, 9.17) is 28.3 Å². The molecule has 0 bridgehead atoms. The van der Waals surface area contributed by atoms with Crippen LogP contribution in [0.3, 0.4) is 0 Å². The third-order valence-corrected chi connectivity index (χ3v) is 5.81. The quantitative estimate of drug-likeness (QED) is 0.763. The lowest BCUT2D eigenvalue weighted by atomic mass is 9.74. The molecule has 25 heavy (non-hydrogen) atoms. The molecule has 1 amide bonds. The molecule has 1 atom stereocenters. The van der Waals surface area contributed by atoms with Crippen molar-refractivity contribution in [3.8, 4) is 0 Å². The maximum Gasteiger partial charge on any atom is 0.328 e. The molecule has 0 radical (unpaired) electrons. The molecule has 0 aromatic heterocycles. The van der Waals surface area contributed by atoms with Gasteiger partial charge in [-0.15, -0.1) is 0 Å². The summed E-state index contributed by atoms with van der Waals surface area (Å²) in [4.78, 5) is 25.4. The highest BCUT2D eigenvalue weighted by molar-refractivity contribution is 6.42. The summed E-state index contributed by atoms with van der Waals surface area (Å²) < 4.78 is 0. The second-order valence-corrected chi connectivity index (χ2v) is 7.61. The lowest BCUT2D eigenvalue weighted by Crippen LogP contribution is -2.28. The third-order valence-electron chi connectivity index (χ3n) is 4.95. The number of rotatable bonds is 4. The van der Waals surface area contributed by atoms with Gasteiger partial charge in [-0.1, -0.05) is 48.3 Å². The zero-order valence-corrected chi connectivity index (χ0v) is 15.4. The minimum atomic E-state index is -0.992. The number of likely N-dealkylation sites (tertiary alicyclic amines) is 1. The molecule has 1 aliphatic carbocycles. The summed E-state index contributed by atoms with van der Waals surface area (Å²) in [7, 11) is 0. The molecule has 132 valence electrons. The lowest BCUT2D eigenvalue weighted by Gasteiger charge is -2.34. The molecule has 1 N–H and O–H groups in total. The highest BCUT2D eigenvalue weighted by Gasteiger charge is 2.46. The number of benzene rings is 1. The highest BCUT2D eigenvalue weighted by Crippen LogP contribution is 2.51. The Morgan fingerprint density at radius 3 is 2.88 bits per heavy atom. The van der Waals surface area contributed by atoms with Crippen LogP contribution >= 0.6 is 23.2 Å². The SMILES string of the molecule is CC12CCCC(/C=C/C(=O)O)=C1N(Cc1cccc(Cl)c1Cl)C(=O)C2. The Morgan fingerprint density at radius 1 is 1.40 bits per heavy atom. The van der Waals surface area contributed by atoms with Crippen molar-refractivity contribution < 1.29 is 14.7 Å². The second-order valence-electron chi connectivity index (χ2n) is 6.83. The lowest BCUT2D eigenvalue weighted by molar-refractivity contribution is -0.131. The van der Waals surface area contributed by atoms with Gasteiger partial charge in [0, 0.05) is 23.6 Å². The molecular weight excluding hydrogens is 361 g/mol. The average molecular weight is 380 g/mol. The maximum atomic E-state index is 12.7. The van der Waals surface area contributed by atoms with E-state index in [0.29, 0.717) is 23.0 Å². The second kappa shape index (κ2) is 6.85. The van der Waals surface area contributed by atoms with Gasteiger partial charge in [-0.2, -0.15) is 0 Å². The molecule has 6 heteroatoms. The fraction of sp³-hybridized carbons (Fsp3) is 0.368. The van der Waals surface area contributed by atoms with Crippen molar-refractivity contribution >= 4 is 35.1 Å². The van der Waals surface area contributed by atoms with Crippen molar-refractivity contribution in [2.45, 2.75) is 39.2 Å². The first-order valence-electron chi connectivity index (χ1n) is 8.20. The van der Waals surface area contributed by atoms with E-state index in [2.05, 4.69) is 6.92 Å². The van der Waals surface area contributed by atoms with E-state index in [9.17, 15) is 9.59 Å². The minimum absolute atomic E-state index is 0.0386. The van der Waals surface area contributed by atoms with Crippen molar-refractivity contribution in [1.82, 2.24) is 4.90 Å². The topological polar surface area (TPSA) is 57.6 Å². The number of hydrogen-bond donors (Lipinski definition) is 1. The van der Waals surface area contributed by atoms with Crippen molar-refractivity contribution in [2.75, 3.05) is 0 Å². The largest absolute Gasteiger partial charge is 0.478 e. The van der Waals surface area contributed by atoms with Crippen LogP contribution in [0, 0.1) is 5.41 Å². The van der Waals surface area contributed by atoms with Crippen molar-refractivity contribution in [3.63, 3.8) is 0 Å². The standard InChI is InChI=1S/C19H19Cl2NO3/c1-19-9-3-5-12(7-8-16(24)25)18(19)22(15(23)10-19)11-13-4-2-6-14(20)17(13)21/h2,4,6-8H,3,5,9-11H2,1H3,(H,24,25)/b8-7+. The molecule has 1 fully saturated rings. The van der Waals surface area contributed by atoms with Gasteiger partial charge in [-0.3, -0.25) is 4.79 Å². The summed E-state index contributed by atoms with van der Waals surface area (Å²) in [5, 5.41) is 9.85. The molecule has 1 aromatic rings. The number of nitrogens with zero attached hydrogens (tertiary/aromatic N) is 1. The van der Waals surface area contributed by atoms with Crippen LogP contribution < -0.4 is 0 Å². The number of fused-ring (bicyclic) bond motifs is 1. The number of carbonyl (C=O) groups is 2. The van der Waals surface area contributed by atoms with E-state index >= 15 is 0 Å². The molecule has 1 aromatic carbocycles. The zero-order valence-electron chi connectivity index (χ0n) is 13.9. The molecule has 1 unspecified atom stereocenters. The van der Waals surface area contributed by atoms with Crippen LogP contribution in [-0.2, 0) is 16.1 Å². The third kappa shape index (κ3) is 3.46. The number of halogens is 2. The van der Waals surface area contributed by atoms with Gasteiger partial charge in [0.1, 0.15) is 0 Å². The first-order chi connectivity index (χ1) is 11.8. The van der Waals surface area contributed by atoms with Crippen molar-refractivity contribution in [3.05, 3.63) is 57.2 Å². The van der Waals surface area contributed by atoms with Gasteiger partial charge < -0.3 is 10.0 Å².